The standard InChI is InChI=1S/C14H11FN3.C9H16N2O.C8H6O.C4H10.V.Y/c1-9-3-4-11(10(2)14(9)15)12-7-17-13-8-16-5-6-18(12)13;1-3-11(4-2)9(12)8-6-5-7-10-8;1-7-4-2-3-5-8(7)6-9;1-3-4-2;;/h3-7H,1-2H3;8,10H,1-7H2;3-5H,1H3;3-4H2,1-2H3;;/q-1;2*-2;;+2;+3. The summed E-state index contributed by atoms with van der Waals surface area (Å²) in [7, 11) is 0. The van der Waals surface area contributed by atoms with Crippen molar-refractivity contribution < 1.29 is 65.2 Å². The first kappa shape index (κ1) is 42.8. The van der Waals surface area contributed by atoms with Crippen molar-refractivity contribution in [2.75, 3.05) is 19.6 Å². The molecule has 45 heavy (non-hydrogen) atoms. The molecule has 1 unspecified atom stereocenters. The summed E-state index contributed by atoms with van der Waals surface area (Å²) in [6.45, 7) is 19.1. The van der Waals surface area contributed by atoms with Gasteiger partial charge in [-0.3, -0.25) is 9.78 Å². The SMILES string of the molecule is CCCC.Cc1c[c-]ccc1[C-]=O.Cc1ccc(-c2cnc3[c-]nccn23)c(C)c1F.[CH2-]CN(C[CH2-])C(=O)C1CCCN1.[V+2].[Y+3]. The molecule has 235 valence electrons. The largest absolute Gasteiger partial charge is 3.00 e. The number of nitrogens with one attached hydrogen (secondary N) is 1. The van der Waals surface area contributed by atoms with Crippen molar-refractivity contribution in [1.29, 1.82) is 0 Å². The fraction of sp³-hybridized carbons (Fsp3) is 0.371. The first-order valence-electron chi connectivity index (χ1n) is 14.6. The van der Waals surface area contributed by atoms with E-state index in [4.69, 9.17) is 0 Å². The number of hydrogen-bond acceptors (Lipinski definition) is 5. The molecule has 1 atom stereocenters. The Morgan fingerprint density at radius 3 is 2.38 bits per heavy atom. The Balaban J connectivity index is 0.000000628. The molecule has 5 rings (SSSR count). The normalized spacial score (nSPS) is 12.9. The molecule has 4 aromatic rings. The quantitative estimate of drug-likeness (QED) is 0.239. The number of hydrogen-bond donors (Lipinski definition) is 1. The van der Waals surface area contributed by atoms with Crippen molar-refractivity contribution in [3.8, 4) is 11.3 Å². The zero-order valence-corrected chi connectivity index (χ0v) is 31.3. The van der Waals surface area contributed by atoms with Crippen molar-refractivity contribution in [3.63, 3.8) is 0 Å². The fourth-order valence-corrected chi connectivity index (χ4v) is 4.16. The van der Waals surface area contributed by atoms with Crippen LogP contribution in [0.4, 0.5) is 4.39 Å². The molecule has 1 saturated heterocycles. The minimum absolute atomic E-state index is 0. The number of imidazole rings is 1. The number of halogens is 1. The predicted octanol–water partition coefficient (Wildman–Crippen LogP) is 6.24. The number of nitrogens with zero attached hydrogens (tertiary/aromatic N) is 4. The van der Waals surface area contributed by atoms with Crippen molar-refractivity contribution in [3.05, 3.63) is 103 Å². The van der Waals surface area contributed by atoms with E-state index in [9.17, 15) is 14.0 Å². The Kier molecular flexibility index (Phi) is 22.0. The molecule has 0 spiro atoms. The Hall–Kier alpha value is -2.22. The molecule has 10 heteroatoms. The van der Waals surface area contributed by atoms with Crippen LogP contribution < -0.4 is 5.32 Å². The summed E-state index contributed by atoms with van der Waals surface area (Å²) in [5.41, 5.74) is 5.14. The molecule has 0 aliphatic carbocycles. The van der Waals surface area contributed by atoms with E-state index in [2.05, 4.69) is 55.2 Å². The van der Waals surface area contributed by atoms with E-state index in [1.165, 1.54) is 12.8 Å². The molecule has 7 nitrogen and oxygen atoms in total. The van der Waals surface area contributed by atoms with Crippen LogP contribution in [0.25, 0.3) is 16.9 Å². The van der Waals surface area contributed by atoms with Crippen molar-refractivity contribution >= 4 is 17.8 Å². The first-order valence-corrected chi connectivity index (χ1v) is 14.6. The number of amides is 1. The van der Waals surface area contributed by atoms with Crippen LogP contribution in [-0.2, 0) is 60.9 Å². The Morgan fingerprint density at radius 2 is 1.84 bits per heavy atom. The summed E-state index contributed by atoms with van der Waals surface area (Å²) in [4.78, 5) is 31.5. The molecule has 1 amide bonds. The second-order valence-corrected chi connectivity index (χ2v) is 10.1. The Morgan fingerprint density at radius 1 is 1.16 bits per heavy atom. The van der Waals surface area contributed by atoms with Gasteiger partial charge in [0.2, 0.25) is 5.91 Å². The van der Waals surface area contributed by atoms with Crippen molar-refractivity contribution in [1.82, 2.24) is 24.6 Å². The second kappa shape index (κ2) is 23.2. The maximum atomic E-state index is 13.9. The van der Waals surface area contributed by atoms with Gasteiger partial charge in [0.1, 0.15) is 5.82 Å². The van der Waals surface area contributed by atoms with E-state index < -0.39 is 0 Å². The van der Waals surface area contributed by atoms with E-state index in [0.717, 1.165) is 36.2 Å². The zero-order valence-electron chi connectivity index (χ0n) is 27.1. The van der Waals surface area contributed by atoms with Crippen LogP contribution in [0.1, 0.15) is 61.8 Å². The van der Waals surface area contributed by atoms with E-state index in [-0.39, 0.29) is 69.0 Å². The van der Waals surface area contributed by atoms with Crippen LogP contribution >= 0.6 is 0 Å². The first-order chi connectivity index (χ1) is 20.7. The number of carbonyl (C=O) groups excluding carboxylic acids is 2. The smallest absolute Gasteiger partial charge is 0.454 e. The zero-order chi connectivity index (χ0) is 31.8. The van der Waals surface area contributed by atoms with Gasteiger partial charge < -0.3 is 38.2 Å². The molecule has 1 aliphatic rings. The average molecular weight is 725 g/mol. The topological polar surface area (TPSA) is 79.6 Å². The fourth-order valence-electron chi connectivity index (χ4n) is 4.16. The van der Waals surface area contributed by atoms with Crippen LogP contribution in [-0.4, -0.2) is 57.1 Å². The number of fused-ring (bicyclic) bond motifs is 1. The van der Waals surface area contributed by atoms with Crippen LogP contribution in [0.15, 0.2) is 48.9 Å². The van der Waals surface area contributed by atoms with Crippen molar-refractivity contribution in [2.45, 2.75) is 66.3 Å². The number of aryl methyl sites for hydroxylation is 2. The third-order valence-corrected chi connectivity index (χ3v) is 7.00. The van der Waals surface area contributed by atoms with Crippen LogP contribution in [0.3, 0.4) is 0 Å². The second-order valence-electron chi connectivity index (χ2n) is 10.1. The van der Waals surface area contributed by atoms with Crippen LogP contribution in [0, 0.1) is 52.7 Å². The van der Waals surface area contributed by atoms with Gasteiger partial charge in [0.05, 0.1) is 29.9 Å². The molecular formula is C35H43FN5O2VY. The Labute approximate surface area is 306 Å². The van der Waals surface area contributed by atoms with Crippen LogP contribution in [0.5, 0.6) is 0 Å². The van der Waals surface area contributed by atoms with Crippen LogP contribution in [0.2, 0.25) is 0 Å². The van der Waals surface area contributed by atoms with Gasteiger partial charge in [0.15, 0.2) is 0 Å². The predicted molar refractivity (Wildman–Crippen MR) is 170 cm³/mol. The minimum Gasteiger partial charge on any atom is -0.454 e. The van der Waals surface area contributed by atoms with E-state index >= 15 is 0 Å². The molecule has 1 radical (unpaired) electrons. The number of carbonyl (C=O) groups is 1. The number of benzene rings is 2. The summed E-state index contributed by atoms with van der Waals surface area (Å²) < 4.78 is 15.8. The molecule has 0 saturated carbocycles. The molecule has 1 aliphatic heterocycles. The summed E-state index contributed by atoms with van der Waals surface area (Å²) in [5, 5.41) is 3.16. The van der Waals surface area contributed by atoms with E-state index in [1.807, 2.05) is 23.7 Å². The maximum absolute atomic E-state index is 13.9. The van der Waals surface area contributed by atoms with E-state index in [1.54, 1.807) is 61.6 Å². The van der Waals surface area contributed by atoms with Gasteiger partial charge >= 0.3 is 51.3 Å². The molecule has 2 aromatic heterocycles. The van der Waals surface area contributed by atoms with Gasteiger partial charge in [-0.2, -0.15) is 35.4 Å². The summed E-state index contributed by atoms with van der Waals surface area (Å²) in [6.07, 6.45) is 14.5. The van der Waals surface area contributed by atoms with Gasteiger partial charge in [-0.15, -0.1) is 25.5 Å². The Bertz CT molecular complexity index is 1430. The molecule has 1 fully saturated rings. The van der Waals surface area contributed by atoms with Gasteiger partial charge in [-0.05, 0) is 44.4 Å². The number of rotatable bonds is 6. The summed E-state index contributed by atoms with van der Waals surface area (Å²) >= 11 is 0. The summed E-state index contributed by atoms with van der Waals surface area (Å²) in [6, 6.07) is 11.7. The average Bonchev–Trinajstić information content (AvgIpc) is 3.73. The van der Waals surface area contributed by atoms with Gasteiger partial charge in [0.25, 0.3) is 0 Å². The molecule has 1 N–H and O–H groups in total. The van der Waals surface area contributed by atoms with Crippen molar-refractivity contribution in [2.24, 2.45) is 0 Å². The maximum Gasteiger partial charge on any atom is 3.00 e. The number of unbranched alkanes of at least 4 members (excludes halogenated alkanes) is 1. The van der Waals surface area contributed by atoms with E-state index in [0.29, 0.717) is 35.4 Å². The molecular weight excluding hydrogens is 681 g/mol. The monoisotopic (exact) mass is 724 g/mol. The van der Waals surface area contributed by atoms with Gasteiger partial charge in [0, 0.05) is 5.56 Å². The molecule has 2 aromatic carbocycles. The number of aromatic nitrogens is 3. The molecule has 0 bridgehead atoms. The minimum atomic E-state index is -0.166. The third kappa shape index (κ3) is 12.8. The summed E-state index contributed by atoms with van der Waals surface area (Å²) in [5.74, 6) is -0.0158. The molecule has 3 heterocycles. The third-order valence-electron chi connectivity index (χ3n) is 7.00. The van der Waals surface area contributed by atoms with Gasteiger partial charge in [-0.1, -0.05) is 51.9 Å². The van der Waals surface area contributed by atoms with Gasteiger partial charge in [-0.25, -0.2) is 4.39 Å².